The standard InChI is InChI=1S/C16H14F3NO3S2/c1-25(22,23)14-9-5-2-6-11(14)15(21)20-12-7-3-4-8-13(12)24-10-16(17,18)19/h2-9H,10H2,1H3,(H,20,21). The van der Waals surface area contributed by atoms with Crippen LogP contribution in [0.25, 0.3) is 0 Å². The van der Waals surface area contributed by atoms with Crippen LogP contribution in [0.4, 0.5) is 18.9 Å². The Morgan fingerprint density at radius 2 is 1.68 bits per heavy atom. The van der Waals surface area contributed by atoms with Gasteiger partial charge in [-0.15, -0.1) is 11.8 Å². The van der Waals surface area contributed by atoms with Gasteiger partial charge in [-0.1, -0.05) is 24.3 Å². The highest BCUT2D eigenvalue weighted by Crippen LogP contribution is 2.32. The largest absolute Gasteiger partial charge is 0.398 e. The number of amides is 1. The highest BCUT2D eigenvalue weighted by atomic mass is 32.2. The molecule has 0 saturated carbocycles. The average Bonchev–Trinajstić information content (AvgIpc) is 2.52. The number of thioether (sulfide) groups is 1. The monoisotopic (exact) mass is 389 g/mol. The maximum atomic E-state index is 12.4. The third-order valence-corrected chi connectivity index (χ3v) is 5.35. The summed E-state index contributed by atoms with van der Waals surface area (Å²) in [5.41, 5.74) is 0.116. The van der Waals surface area contributed by atoms with E-state index < -0.39 is 27.7 Å². The van der Waals surface area contributed by atoms with Gasteiger partial charge in [-0.2, -0.15) is 13.2 Å². The SMILES string of the molecule is CS(=O)(=O)c1ccccc1C(=O)Nc1ccccc1SCC(F)(F)F. The number of sulfone groups is 1. The van der Waals surface area contributed by atoms with E-state index in [1.54, 1.807) is 12.1 Å². The molecule has 0 unspecified atom stereocenters. The van der Waals surface area contributed by atoms with Crippen LogP contribution in [0.2, 0.25) is 0 Å². The van der Waals surface area contributed by atoms with Gasteiger partial charge in [0.2, 0.25) is 0 Å². The fourth-order valence-corrected chi connectivity index (χ4v) is 3.68. The van der Waals surface area contributed by atoms with Gasteiger partial charge in [0.1, 0.15) is 0 Å². The van der Waals surface area contributed by atoms with Gasteiger partial charge in [0.05, 0.1) is 21.9 Å². The molecule has 0 fully saturated rings. The van der Waals surface area contributed by atoms with E-state index >= 15 is 0 Å². The molecule has 1 N–H and O–H groups in total. The van der Waals surface area contributed by atoms with E-state index in [1.165, 1.54) is 36.4 Å². The molecule has 0 aromatic heterocycles. The fourth-order valence-electron chi connectivity index (χ4n) is 2.02. The van der Waals surface area contributed by atoms with Crippen LogP contribution in [0.5, 0.6) is 0 Å². The summed E-state index contributed by atoms with van der Waals surface area (Å²) in [6.07, 6.45) is -3.36. The van der Waals surface area contributed by atoms with Crippen molar-refractivity contribution in [3.05, 3.63) is 54.1 Å². The molecule has 0 saturated heterocycles. The van der Waals surface area contributed by atoms with Crippen LogP contribution in [-0.2, 0) is 9.84 Å². The lowest BCUT2D eigenvalue weighted by Crippen LogP contribution is -2.17. The van der Waals surface area contributed by atoms with Crippen molar-refractivity contribution in [3.8, 4) is 0 Å². The van der Waals surface area contributed by atoms with E-state index in [9.17, 15) is 26.4 Å². The number of anilines is 1. The first-order chi connectivity index (χ1) is 11.6. The van der Waals surface area contributed by atoms with Gasteiger partial charge >= 0.3 is 6.18 Å². The third-order valence-electron chi connectivity index (χ3n) is 3.06. The maximum Gasteiger partial charge on any atom is 0.398 e. The summed E-state index contributed by atoms with van der Waals surface area (Å²) in [6, 6.07) is 11.7. The molecule has 2 aromatic rings. The predicted octanol–water partition coefficient (Wildman–Crippen LogP) is 4.00. The molecule has 0 radical (unpaired) electrons. The Kier molecular flexibility index (Phi) is 5.79. The van der Waals surface area contributed by atoms with E-state index in [-0.39, 0.29) is 21.0 Å². The highest BCUT2D eigenvalue weighted by Gasteiger charge is 2.28. The first kappa shape index (κ1) is 19.3. The summed E-state index contributed by atoms with van der Waals surface area (Å²) in [5, 5.41) is 2.48. The number of rotatable bonds is 5. The molecule has 0 aliphatic rings. The molecule has 134 valence electrons. The van der Waals surface area contributed by atoms with Crippen LogP contribution in [0.3, 0.4) is 0 Å². The Balaban J connectivity index is 2.28. The number of hydrogen-bond acceptors (Lipinski definition) is 4. The molecule has 9 heteroatoms. The van der Waals surface area contributed by atoms with Gasteiger partial charge in [-0.25, -0.2) is 8.42 Å². The van der Waals surface area contributed by atoms with Crippen molar-refractivity contribution in [2.45, 2.75) is 16.0 Å². The van der Waals surface area contributed by atoms with Crippen molar-refractivity contribution in [3.63, 3.8) is 0 Å². The number of carbonyl (C=O) groups excluding carboxylic acids is 1. The van der Waals surface area contributed by atoms with Crippen molar-refractivity contribution >= 4 is 33.2 Å². The fraction of sp³-hybridized carbons (Fsp3) is 0.188. The summed E-state index contributed by atoms with van der Waals surface area (Å²) in [7, 11) is -3.63. The van der Waals surface area contributed by atoms with E-state index in [0.717, 1.165) is 6.26 Å². The molecular weight excluding hydrogens is 375 g/mol. The van der Waals surface area contributed by atoms with Gasteiger partial charge in [-0.3, -0.25) is 4.79 Å². The number of alkyl halides is 3. The number of carbonyl (C=O) groups is 1. The van der Waals surface area contributed by atoms with Crippen LogP contribution >= 0.6 is 11.8 Å². The maximum absolute atomic E-state index is 12.4. The van der Waals surface area contributed by atoms with Crippen molar-refractivity contribution in [1.29, 1.82) is 0 Å². The Morgan fingerprint density at radius 3 is 2.32 bits per heavy atom. The van der Waals surface area contributed by atoms with Crippen LogP contribution in [0.1, 0.15) is 10.4 Å². The van der Waals surface area contributed by atoms with Crippen LogP contribution in [0, 0.1) is 0 Å². The van der Waals surface area contributed by atoms with Gasteiger partial charge in [-0.05, 0) is 24.3 Å². The molecule has 0 bridgehead atoms. The van der Waals surface area contributed by atoms with Gasteiger partial charge in [0, 0.05) is 11.2 Å². The molecule has 1 amide bonds. The normalized spacial score (nSPS) is 12.0. The molecule has 0 aliphatic heterocycles. The van der Waals surface area contributed by atoms with E-state index in [2.05, 4.69) is 5.32 Å². The molecule has 2 aromatic carbocycles. The Bertz CT molecular complexity index is 880. The minimum Gasteiger partial charge on any atom is -0.321 e. The molecule has 25 heavy (non-hydrogen) atoms. The molecule has 2 rings (SSSR count). The minimum absolute atomic E-state index is 0.0689. The molecular formula is C16H14F3NO3S2. The van der Waals surface area contributed by atoms with E-state index in [1.807, 2.05) is 0 Å². The molecule has 0 heterocycles. The number of benzene rings is 2. The summed E-state index contributed by atoms with van der Waals surface area (Å²) < 4.78 is 60.8. The van der Waals surface area contributed by atoms with Gasteiger partial charge in [0.25, 0.3) is 5.91 Å². The summed E-state index contributed by atoms with van der Waals surface area (Å²) >= 11 is 0.543. The zero-order chi connectivity index (χ0) is 18.7. The van der Waals surface area contributed by atoms with Gasteiger partial charge in [0.15, 0.2) is 9.84 Å². The highest BCUT2D eigenvalue weighted by molar-refractivity contribution is 7.99. The Hall–Kier alpha value is -2.00. The number of nitrogens with one attached hydrogen (secondary N) is 1. The summed E-state index contributed by atoms with van der Waals surface area (Å²) in [4.78, 5) is 12.5. The van der Waals surface area contributed by atoms with Gasteiger partial charge < -0.3 is 5.32 Å². The second kappa shape index (κ2) is 7.49. The minimum atomic E-state index is -4.34. The summed E-state index contributed by atoms with van der Waals surface area (Å²) in [6.45, 7) is 0. The second-order valence-electron chi connectivity index (χ2n) is 5.12. The number of halogens is 3. The van der Waals surface area contributed by atoms with Crippen molar-refractivity contribution in [2.24, 2.45) is 0 Å². The number of para-hydroxylation sites is 1. The average molecular weight is 389 g/mol. The van der Waals surface area contributed by atoms with Crippen molar-refractivity contribution in [2.75, 3.05) is 17.3 Å². The predicted molar refractivity (Wildman–Crippen MR) is 90.7 cm³/mol. The zero-order valence-corrected chi connectivity index (χ0v) is 14.6. The molecule has 0 spiro atoms. The lowest BCUT2D eigenvalue weighted by atomic mass is 10.2. The second-order valence-corrected chi connectivity index (χ2v) is 8.12. The lowest BCUT2D eigenvalue weighted by molar-refractivity contribution is -0.105. The van der Waals surface area contributed by atoms with Crippen LogP contribution in [-0.4, -0.2) is 32.5 Å². The van der Waals surface area contributed by atoms with Crippen molar-refractivity contribution < 1.29 is 26.4 Å². The Morgan fingerprint density at radius 1 is 1.08 bits per heavy atom. The first-order valence-corrected chi connectivity index (χ1v) is 9.84. The Labute approximate surface area is 147 Å². The quantitative estimate of drug-likeness (QED) is 0.786. The van der Waals surface area contributed by atoms with Crippen molar-refractivity contribution in [1.82, 2.24) is 0 Å². The van der Waals surface area contributed by atoms with Crippen LogP contribution in [0.15, 0.2) is 58.3 Å². The summed E-state index contributed by atoms with van der Waals surface area (Å²) in [5.74, 6) is -1.80. The molecule has 0 atom stereocenters. The van der Waals surface area contributed by atoms with E-state index in [4.69, 9.17) is 0 Å². The lowest BCUT2D eigenvalue weighted by Gasteiger charge is -2.13. The zero-order valence-electron chi connectivity index (χ0n) is 13.0. The first-order valence-electron chi connectivity index (χ1n) is 6.97. The molecule has 0 aliphatic carbocycles. The third kappa shape index (κ3) is 5.50. The van der Waals surface area contributed by atoms with E-state index in [0.29, 0.717) is 11.8 Å². The number of hydrogen-bond donors (Lipinski definition) is 1. The topological polar surface area (TPSA) is 63.2 Å². The van der Waals surface area contributed by atoms with Crippen LogP contribution < -0.4 is 5.32 Å². The smallest absolute Gasteiger partial charge is 0.321 e. The molecule has 4 nitrogen and oxygen atoms in total.